The summed E-state index contributed by atoms with van der Waals surface area (Å²) < 4.78 is 29.1. The van der Waals surface area contributed by atoms with Crippen LogP contribution >= 0.6 is 11.6 Å². The van der Waals surface area contributed by atoms with Crippen molar-refractivity contribution in [1.82, 2.24) is 19.6 Å². The normalized spacial score (nSPS) is 11.5. The fourth-order valence-corrected chi connectivity index (χ4v) is 4.11. The number of amides is 1. The fraction of sp³-hybridized carbons (Fsp3) is 0.100. The first-order valence-electron chi connectivity index (χ1n) is 9.12. The second-order valence-electron chi connectivity index (χ2n) is 6.78. The number of carbonyl (C=O) groups is 1. The van der Waals surface area contributed by atoms with Gasteiger partial charge in [0.05, 0.1) is 10.6 Å². The van der Waals surface area contributed by atoms with Crippen LogP contribution in [0, 0.1) is 13.8 Å². The van der Waals surface area contributed by atoms with Crippen molar-refractivity contribution in [3.05, 3.63) is 76.8 Å². The molecule has 0 aliphatic heterocycles. The highest BCUT2D eigenvalue weighted by Crippen LogP contribution is 2.21. The third kappa shape index (κ3) is 4.49. The van der Waals surface area contributed by atoms with E-state index in [1.165, 1.54) is 34.8 Å². The summed E-state index contributed by atoms with van der Waals surface area (Å²) in [5, 5.41) is 7.29. The minimum absolute atomic E-state index is 0.0478. The standard InChI is InChI=1S/C20H17ClN6O3S/c1-12-10-13(2)27-20(22-12)24-18(25-27)19(28)23-15-4-3-5-16(11-15)26-31(29,30)17-8-6-14(21)7-9-17/h3-11,26H,1-2H3,(H,23,28). The number of nitrogens with one attached hydrogen (secondary N) is 2. The maximum Gasteiger partial charge on any atom is 0.295 e. The number of halogens is 1. The number of anilines is 2. The zero-order valence-electron chi connectivity index (χ0n) is 16.5. The molecule has 0 aliphatic rings. The summed E-state index contributed by atoms with van der Waals surface area (Å²) in [6.45, 7) is 3.67. The van der Waals surface area contributed by atoms with Gasteiger partial charge in [-0.05, 0) is 62.4 Å². The summed E-state index contributed by atoms with van der Waals surface area (Å²) in [5.41, 5.74) is 2.22. The second-order valence-corrected chi connectivity index (χ2v) is 8.90. The zero-order chi connectivity index (χ0) is 22.2. The first kappa shape index (κ1) is 20.8. The molecule has 0 spiro atoms. The van der Waals surface area contributed by atoms with Gasteiger partial charge in [0.1, 0.15) is 0 Å². The van der Waals surface area contributed by atoms with E-state index in [-0.39, 0.29) is 16.4 Å². The Morgan fingerprint density at radius 1 is 1.00 bits per heavy atom. The molecule has 2 N–H and O–H groups in total. The zero-order valence-corrected chi connectivity index (χ0v) is 18.1. The third-order valence-corrected chi connectivity index (χ3v) is 5.97. The van der Waals surface area contributed by atoms with E-state index in [1.807, 2.05) is 19.9 Å². The number of aromatic nitrogens is 4. The van der Waals surface area contributed by atoms with Crippen molar-refractivity contribution >= 4 is 44.7 Å². The molecule has 11 heteroatoms. The first-order chi connectivity index (χ1) is 14.7. The van der Waals surface area contributed by atoms with Crippen molar-refractivity contribution in [2.75, 3.05) is 10.0 Å². The van der Waals surface area contributed by atoms with Crippen molar-refractivity contribution in [3.8, 4) is 0 Å². The van der Waals surface area contributed by atoms with Gasteiger partial charge in [0, 0.05) is 22.1 Å². The molecule has 1 amide bonds. The van der Waals surface area contributed by atoms with Crippen molar-refractivity contribution in [2.24, 2.45) is 0 Å². The van der Waals surface area contributed by atoms with Crippen LogP contribution in [-0.4, -0.2) is 33.9 Å². The SMILES string of the molecule is Cc1cc(C)n2nc(C(=O)Nc3cccc(NS(=O)(=O)c4ccc(Cl)cc4)c3)nc2n1. The molecule has 0 unspecified atom stereocenters. The Morgan fingerprint density at radius 3 is 2.45 bits per heavy atom. The Kier molecular flexibility index (Phi) is 5.34. The van der Waals surface area contributed by atoms with Crippen molar-refractivity contribution in [2.45, 2.75) is 18.7 Å². The highest BCUT2D eigenvalue weighted by Gasteiger charge is 2.17. The van der Waals surface area contributed by atoms with Gasteiger partial charge < -0.3 is 5.32 Å². The Balaban J connectivity index is 1.54. The lowest BCUT2D eigenvalue weighted by Gasteiger charge is -2.10. The first-order valence-corrected chi connectivity index (χ1v) is 11.0. The van der Waals surface area contributed by atoms with Crippen LogP contribution in [0.1, 0.15) is 22.0 Å². The van der Waals surface area contributed by atoms with E-state index < -0.39 is 15.9 Å². The van der Waals surface area contributed by atoms with Gasteiger partial charge in [-0.3, -0.25) is 9.52 Å². The number of rotatable bonds is 5. The summed E-state index contributed by atoms with van der Waals surface area (Å²) in [4.78, 5) is 21.1. The Bertz CT molecular complexity index is 1400. The number of sulfonamides is 1. The van der Waals surface area contributed by atoms with Gasteiger partial charge in [-0.15, -0.1) is 5.10 Å². The summed E-state index contributed by atoms with van der Waals surface area (Å²) >= 11 is 5.81. The van der Waals surface area contributed by atoms with Crippen LogP contribution in [0.15, 0.2) is 59.5 Å². The summed E-state index contributed by atoms with van der Waals surface area (Å²) in [6.07, 6.45) is 0. The quantitative estimate of drug-likeness (QED) is 0.474. The molecule has 2 aromatic carbocycles. The summed E-state index contributed by atoms with van der Waals surface area (Å²) in [5.74, 6) is -0.263. The van der Waals surface area contributed by atoms with Gasteiger partial charge >= 0.3 is 0 Å². The van der Waals surface area contributed by atoms with Crippen LogP contribution in [0.5, 0.6) is 0 Å². The highest BCUT2D eigenvalue weighted by atomic mass is 35.5. The van der Waals surface area contributed by atoms with E-state index in [4.69, 9.17) is 11.6 Å². The number of benzene rings is 2. The molecule has 2 heterocycles. The minimum Gasteiger partial charge on any atom is -0.319 e. The molecule has 0 saturated heterocycles. The van der Waals surface area contributed by atoms with Crippen LogP contribution in [0.4, 0.5) is 11.4 Å². The van der Waals surface area contributed by atoms with E-state index in [1.54, 1.807) is 18.2 Å². The lowest BCUT2D eigenvalue weighted by atomic mass is 10.3. The van der Waals surface area contributed by atoms with E-state index in [0.29, 0.717) is 16.5 Å². The van der Waals surface area contributed by atoms with Crippen LogP contribution < -0.4 is 10.0 Å². The molecule has 0 saturated carbocycles. The Morgan fingerprint density at radius 2 is 1.71 bits per heavy atom. The number of hydrogen-bond acceptors (Lipinski definition) is 6. The summed E-state index contributed by atoms with van der Waals surface area (Å²) in [6, 6.07) is 13.9. The van der Waals surface area contributed by atoms with Gasteiger partial charge in [-0.25, -0.2) is 17.9 Å². The smallest absolute Gasteiger partial charge is 0.295 e. The number of nitrogens with zero attached hydrogens (tertiary/aromatic N) is 4. The van der Waals surface area contributed by atoms with Gasteiger partial charge in [0.2, 0.25) is 5.82 Å². The summed E-state index contributed by atoms with van der Waals surface area (Å²) in [7, 11) is -3.81. The molecule has 0 aliphatic carbocycles. The van der Waals surface area contributed by atoms with Crippen LogP contribution in [0.2, 0.25) is 5.02 Å². The molecule has 9 nitrogen and oxygen atoms in total. The van der Waals surface area contributed by atoms with Crippen molar-refractivity contribution in [1.29, 1.82) is 0 Å². The number of aryl methyl sites for hydroxylation is 2. The fourth-order valence-electron chi connectivity index (χ4n) is 2.94. The lowest BCUT2D eigenvalue weighted by molar-refractivity contribution is 0.101. The molecule has 0 radical (unpaired) electrons. The highest BCUT2D eigenvalue weighted by molar-refractivity contribution is 7.92. The topological polar surface area (TPSA) is 118 Å². The van der Waals surface area contributed by atoms with E-state index in [9.17, 15) is 13.2 Å². The maximum atomic E-state index is 12.6. The molecule has 158 valence electrons. The van der Waals surface area contributed by atoms with Crippen LogP contribution in [-0.2, 0) is 10.0 Å². The average Bonchev–Trinajstić information content (AvgIpc) is 3.13. The molecule has 0 fully saturated rings. The van der Waals surface area contributed by atoms with Gasteiger partial charge in [0.25, 0.3) is 21.7 Å². The lowest BCUT2D eigenvalue weighted by Crippen LogP contribution is -2.15. The molecular weight excluding hydrogens is 440 g/mol. The van der Waals surface area contributed by atoms with Crippen molar-refractivity contribution < 1.29 is 13.2 Å². The third-order valence-electron chi connectivity index (χ3n) is 4.32. The van der Waals surface area contributed by atoms with E-state index >= 15 is 0 Å². The van der Waals surface area contributed by atoms with Gasteiger partial charge in [-0.2, -0.15) is 4.98 Å². The monoisotopic (exact) mass is 456 g/mol. The molecule has 4 aromatic rings. The number of carbonyl (C=O) groups excluding carboxylic acids is 1. The number of fused-ring (bicyclic) bond motifs is 1. The predicted molar refractivity (Wildman–Crippen MR) is 117 cm³/mol. The molecule has 0 atom stereocenters. The molecule has 4 rings (SSSR count). The maximum absolute atomic E-state index is 12.6. The largest absolute Gasteiger partial charge is 0.319 e. The molecular formula is C20H17ClN6O3S. The van der Waals surface area contributed by atoms with Crippen LogP contribution in [0.25, 0.3) is 5.78 Å². The number of hydrogen-bond donors (Lipinski definition) is 2. The van der Waals surface area contributed by atoms with Gasteiger partial charge in [-0.1, -0.05) is 17.7 Å². The molecule has 2 aromatic heterocycles. The predicted octanol–water partition coefficient (Wildman–Crippen LogP) is 3.45. The average molecular weight is 457 g/mol. The minimum atomic E-state index is -3.81. The molecule has 0 bridgehead atoms. The molecule has 31 heavy (non-hydrogen) atoms. The van der Waals surface area contributed by atoms with Crippen LogP contribution in [0.3, 0.4) is 0 Å². The van der Waals surface area contributed by atoms with E-state index in [0.717, 1.165) is 11.4 Å². The second kappa shape index (κ2) is 7.97. The van der Waals surface area contributed by atoms with Crippen molar-refractivity contribution in [3.63, 3.8) is 0 Å². The Labute approximate surface area is 183 Å². The van der Waals surface area contributed by atoms with Gasteiger partial charge in [0.15, 0.2) is 0 Å². The van der Waals surface area contributed by atoms with E-state index in [2.05, 4.69) is 25.1 Å². The Hall–Kier alpha value is -3.50.